The van der Waals surface area contributed by atoms with Gasteiger partial charge in [-0.2, -0.15) is 0 Å². The van der Waals surface area contributed by atoms with Gasteiger partial charge in [0.15, 0.2) is 0 Å². The Morgan fingerprint density at radius 2 is 1.38 bits per heavy atom. The second-order valence-corrected chi connectivity index (χ2v) is 4.67. The van der Waals surface area contributed by atoms with E-state index in [0.717, 1.165) is 11.8 Å². The monoisotopic (exact) mass is 293 g/mol. The summed E-state index contributed by atoms with van der Waals surface area (Å²) in [4.78, 5) is 0. The fourth-order valence-corrected chi connectivity index (χ4v) is 2.05. The first-order valence-corrected chi connectivity index (χ1v) is 6.47. The molecule has 0 aromatic heterocycles. The molecule has 5 heteroatoms. The maximum atomic E-state index is 13.3. The minimum atomic E-state index is -0.595. The topological polar surface area (TPSA) is 30.5 Å². The third-order valence-corrected chi connectivity index (χ3v) is 3.12. The van der Waals surface area contributed by atoms with Gasteiger partial charge in [0.05, 0.1) is 14.2 Å². The number of halogens is 2. The summed E-state index contributed by atoms with van der Waals surface area (Å²) in [6.45, 7) is 1.82. The number of rotatable bonds is 5. The van der Waals surface area contributed by atoms with Gasteiger partial charge in [0.25, 0.3) is 0 Å². The zero-order valence-electron chi connectivity index (χ0n) is 12.1. The zero-order valence-corrected chi connectivity index (χ0v) is 12.1. The summed E-state index contributed by atoms with van der Waals surface area (Å²) in [7, 11) is 3.12. The highest BCUT2D eigenvalue weighted by Gasteiger charge is 2.10. The van der Waals surface area contributed by atoms with Gasteiger partial charge in [0.2, 0.25) is 0 Å². The van der Waals surface area contributed by atoms with Gasteiger partial charge >= 0.3 is 0 Å². The van der Waals surface area contributed by atoms with Gasteiger partial charge in [0, 0.05) is 36.0 Å². The van der Waals surface area contributed by atoms with Crippen LogP contribution in [0.5, 0.6) is 11.5 Å². The maximum Gasteiger partial charge on any atom is 0.126 e. The van der Waals surface area contributed by atoms with E-state index in [1.54, 1.807) is 32.4 Å². The van der Waals surface area contributed by atoms with Gasteiger partial charge < -0.3 is 14.8 Å². The molecule has 1 N–H and O–H groups in total. The smallest absolute Gasteiger partial charge is 0.126 e. The van der Waals surface area contributed by atoms with E-state index in [4.69, 9.17) is 9.47 Å². The molecular weight excluding hydrogens is 276 g/mol. The number of benzene rings is 2. The molecule has 21 heavy (non-hydrogen) atoms. The predicted molar refractivity (Wildman–Crippen MR) is 77.9 cm³/mol. The van der Waals surface area contributed by atoms with E-state index in [0.29, 0.717) is 17.1 Å². The van der Waals surface area contributed by atoms with Gasteiger partial charge in [-0.05, 0) is 24.6 Å². The van der Waals surface area contributed by atoms with Crippen LogP contribution in [-0.4, -0.2) is 14.2 Å². The maximum absolute atomic E-state index is 13.3. The van der Waals surface area contributed by atoms with Crippen molar-refractivity contribution >= 4 is 5.69 Å². The van der Waals surface area contributed by atoms with E-state index in [2.05, 4.69) is 5.32 Å². The van der Waals surface area contributed by atoms with E-state index in [1.165, 1.54) is 12.1 Å². The van der Waals surface area contributed by atoms with Crippen LogP contribution >= 0.6 is 0 Å². The Morgan fingerprint density at radius 3 is 1.86 bits per heavy atom. The normalized spacial score (nSPS) is 11.9. The summed E-state index contributed by atoms with van der Waals surface area (Å²) in [5.74, 6) is 0.0766. The second kappa shape index (κ2) is 6.43. The van der Waals surface area contributed by atoms with Crippen molar-refractivity contribution in [2.24, 2.45) is 0 Å². The van der Waals surface area contributed by atoms with Crippen LogP contribution in [0.2, 0.25) is 0 Å². The molecule has 0 spiro atoms. The number of anilines is 1. The van der Waals surface area contributed by atoms with Gasteiger partial charge in [-0.1, -0.05) is 0 Å². The lowest BCUT2D eigenvalue weighted by Crippen LogP contribution is -2.07. The molecule has 2 aromatic rings. The lowest BCUT2D eigenvalue weighted by molar-refractivity contribution is 0.394. The summed E-state index contributed by atoms with van der Waals surface area (Å²) in [5.41, 5.74) is 1.26. The minimum Gasteiger partial charge on any atom is -0.497 e. The fraction of sp³-hybridized carbons (Fsp3) is 0.250. The van der Waals surface area contributed by atoms with Crippen molar-refractivity contribution in [1.82, 2.24) is 0 Å². The molecule has 0 saturated carbocycles. The summed E-state index contributed by atoms with van der Waals surface area (Å²) < 4.78 is 36.9. The Morgan fingerprint density at radius 1 is 0.857 bits per heavy atom. The minimum absolute atomic E-state index is 0.271. The van der Waals surface area contributed by atoms with Gasteiger partial charge in [-0.15, -0.1) is 0 Å². The summed E-state index contributed by atoms with van der Waals surface area (Å²) in [5, 5.41) is 3.17. The van der Waals surface area contributed by atoms with E-state index < -0.39 is 11.6 Å². The molecule has 2 aromatic carbocycles. The molecule has 0 fully saturated rings. The van der Waals surface area contributed by atoms with Crippen molar-refractivity contribution in [3.05, 3.63) is 53.6 Å². The molecule has 0 amide bonds. The standard InChI is InChI=1S/C16H17F2NO2/c1-10(11-4-12(17)6-13(18)5-11)19-14-7-15(20-2)9-16(8-14)21-3/h4-10,19H,1-3H3. The lowest BCUT2D eigenvalue weighted by Gasteiger charge is -2.17. The van der Waals surface area contributed by atoms with E-state index in [1.807, 2.05) is 6.92 Å². The third-order valence-electron chi connectivity index (χ3n) is 3.12. The average molecular weight is 293 g/mol. The molecule has 0 bridgehead atoms. The highest BCUT2D eigenvalue weighted by atomic mass is 19.1. The molecule has 3 nitrogen and oxygen atoms in total. The first kappa shape index (κ1) is 15.1. The van der Waals surface area contributed by atoms with E-state index in [-0.39, 0.29) is 6.04 Å². The van der Waals surface area contributed by atoms with Crippen molar-refractivity contribution < 1.29 is 18.3 Å². The predicted octanol–water partition coefficient (Wildman–Crippen LogP) is 4.16. The van der Waals surface area contributed by atoms with Crippen molar-refractivity contribution in [3.8, 4) is 11.5 Å². The van der Waals surface area contributed by atoms with Crippen LogP contribution in [0.3, 0.4) is 0 Å². The average Bonchev–Trinajstić information content (AvgIpc) is 2.45. The van der Waals surface area contributed by atoms with Crippen molar-refractivity contribution in [2.75, 3.05) is 19.5 Å². The summed E-state index contributed by atoms with van der Waals surface area (Å²) >= 11 is 0. The van der Waals surface area contributed by atoms with Crippen LogP contribution in [-0.2, 0) is 0 Å². The van der Waals surface area contributed by atoms with E-state index >= 15 is 0 Å². The first-order valence-electron chi connectivity index (χ1n) is 6.47. The Kier molecular flexibility index (Phi) is 4.62. The molecule has 0 aliphatic carbocycles. The Balaban J connectivity index is 2.24. The van der Waals surface area contributed by atoms with Gasteiger partial charge in [0.1, 0.15) is 23.1 Å². The number of nitrogens with one attached hydrogen (secondary N) is 1. The van der Waals surface area contributed by atoms with Crippen LogP contribution in [0.4, 0.5) is 14.5 Å². The van der Waals surface area contributed by atoms with Crippen LogP contribution < -0.4 is 14.8 Å². The summed E-state index contributed by atoms with van der Waals surface area (Å²) in [6, 6.07) is 8.51. The molecule has 112 valence electrons. The molecule has 1 unspecified atom stereocenters. The van der Waals surface area contributed by atoms with Crippen molar-refractivity contribution in [3.63, 3.8) is 0 Å². The van der Waals surface area contributed by atoms with E-state index in [9.17, 15) is 8.78 Å². The van der Waals surface area contributed by atoms with Crippen LogP contribution in [0, 0.1) is 11.6 Å². The SMILES string of the molecule is COc1cc(NC(C)c2cc(F)cc(F)c2)cc(OC)c1. The number of hydrogen-bond acceptors (Lipinski definition) is 3. The lowest BCUT2D eigenvalue weighted by atomic mass is 10.1. The Labute approximate surface area is 122 Å². The van der Waals surface area contributed by atoms with Crippen LogP contribution in [0.1, 0.15) is 18.5 Å². The summed E-state index contributed by atoms with van der Waals surface area (Å²) in [6.07, 6.45) is 0. The second-order valence-electron chi connectivity index (χ2n) is 4.67. The number of ether oxygens (including phenoxy) is 2. The van der Waals surface area contributed by atoms with Crippen LogP contribution in [0.25, 0.3) is 0 Å². The third kappa shape index (κ3) is 3.84. The quantitative estimate of drug-likeness (QED) is 0.898. The molecular formula is C16H17F2NO2. The number of hydrogen-bond donors (Lipinski definition) is 1. The molecule has 0 saturated heterocycles. The molecule has 2 rings (SSSR count). The Bertz CT molecular complexity index is 589. The molecule has 0 aliphatic rings. The largest absolute Gasteiger partial charge is 0.497 e. The van der Waals surface area contributed by atoms with Gasteiger partial charge in [-0.25, -0.2) is 8.78 Å². The van der Waals surface area contributed by atoms with Crippen molar-refractivity contribution in [1.29, 1.82) is 0 Å². The highest BCUT2D eigenvalue weighted by molar-refractivity contribution is 5.54. The van der Waals surface area contributed by atoms with Gasteiger partial charge in [-0.3, -0.25) is 0 Å². The number of methoxy groups -OCH3 is 2. The molecule has 0 aliphatic heterocycles. The molecule has 1 atom stereocenters. The highest BCUT2D eigenvalue weighted by Crippen LogP contribution is 2.28. The van der Waals surface area contributed by atoms with Crippen LogP contribution in [0.15, 0.2) is 36.4 Å². The zero-order chi connectivity index (χ0) is 15.4. The van der Waals surface area contributed by atoms with Crippen molar-refractivity contribution in [2.45, 2.75) is 13.0 Å². The molecule has 0 heterocycles. The first-order chi connectivity index (χ1) is 10.0. The molecule has 0 radical (unpaired) electrons. The Hall–Kier alpha value is -2.30. The fourth-order valence-electron chi connectivity index (χ4n) is 2.05.